The summed E-state index contributed by atoms with van der Waals surface area (Å²) in [5.41, 5.74) is -0.0216. The number of hydrogen-bond donors (Lipinski definition) is 2. The Morgan fingerprint density at radius 2 is 1.33 bits per heavy atom. The summed E-state index contributed by atoms with van der Waals surface area (Å²) < 4.78 is 5.28. The van der Waals surface area contributed by atoms with E-state index in [-0.39, 0.29) is 23.3 Å². The molecule has 0 radical (unpaired) electrons. The van der Waals surface area contributed by atoms with Gasteiger partial charge in [0.2, 0.25) is 0 Å². The molecule has 0 atom stereocenters. The zero-order valence-electron chi connectivity index (χ0n) is 18.4. The Bertz CT molecular complexity index is 695. The standard InChI is InChI=1S/C24H36O6/c1-3-5-7-9-10-11-13-15-30-24(29)20-17-19(22(25)26)16-18(21(20)23(27)28)14-12-8-6-4-2/h16-17H,3-15H2,1-2H3,(H,25,26)(H,27,28). The second-order valence-corrected chi connectivity index (χ2v) is 7.74. The molecule has 0 fully saturated rings. The van der Waals surface area contributed by atoms with Gasteiger partial charge in [-0.3, -0.25) is 0 Å². The number of ether oxygens (including phenoxy) is 1. The van der Waals surface area contributed by atoms with Gasteiger partial charge in [0.15, 0.2) is 0 Å². The molecule has 0 aromatic heterocycles. The van der Waals surface area contributed by atoms with E-state index in [1.165, 1.54) is 25.3 Å². The van der Waals surface area contributed by atoms with Gasteiger partial charge in [0.25, 0.3) is 0 Å². The van der Waals surface area contributed by atoms with Crippen LogP contribution in [0.2, 0.25) is 0 Å². The molecule has 0 spiro atoms. The van der Waals surface area contributed by atoms with Crippen molar-refractivity contribution in [3.63, 3.8) is 0 Å². The molecule has 0 aliphatic rings. The lowest BCUT2D eigenvalue weighted by Gasteiger charge is -2.13. The first kappa shape index (κ1) is 25.7. The van der Waals surface area contributed by atoms with Crippen molar-refractivity contribution < 1.29 is 29.3 Å². The topological polar surface area (TPSA) is 101 Å². The SMILES string of the molecule is CCCCCCCCCOC(=O)c1cc(C(=O)O)cc(CCCCCC)c1C(=O)O. The third-order valence-electron chi connectivity index (χ3n) is 5.18. The first-order chi connectivity index (χ1) is 14.4. The van der Waals surface area contributed by atoms with E-state index in [1.807, 2.05) is 0 Å². The summed E-state index contributed by atoms with van der Waals surface area (Å²) in [4.78, 5) is 35.9. The maximum atomic E-state index is 12.6. The molecule has 0 aliphatic carbocycles. The average Bonchev–Trinajstić information content (AvgIpc) is 2.72. The van der Waals surface area contributed by atoms with Gasteiger partial charge in [-0.15, -0.1) is 0 Å². The average molecular weight is 421 g/mol. The van der Waals surface area contributed by atoms with Gasteiger partial charge in [-0.25, -0.2) is 14.4 Å². The minimum absolute atomic E-state index is 0.0895. The number of carboxylic acids is 2. The lowest BCUT2D eigenvalue weighted by atomic mass is 9.93. The number of rotatable bonds is 16. The molecule has 168 valence electrons. The van der Waals surface area contributed by atoms with Crippen LogP contribution >= 0.6 is 0 Å². The molecule has 6 nitrogen and oxygen atoms in total. The Labute approximate surface area is 179 Å². The van der Waals surface area contributed by atoms with Gasteiger partial charge in [0.05, 0.1) is 23.3 Å². The van der Waals surface area contributed by atoms with Crippen molar-refractivity contribution in [3.8, 4) is 0 Å². The van der Waals surface area contributed by atoms with E-state index < -0.39 is 17.9 Å². The number of carbonyl (C=O) groups excluding carboxylic acids is 1. The molecule has 0 bridgehead atoms. The Balaban J connectivity index is 2.84. The Morgan fingerprint density at radius 1 is 0.767 bits per heavy atom. The molecule has 0 saturated heterocycles. The number of benzene rings is 1. The lowest BCUT2D eigenvalue weighted by Crippen LogP contribution is -2.17. The monoisotopic (exact) mass is 420 g/mol. The van der Waals surface area contributed by atoms with Gasteiger partial charge in [-0.05, 0) is 37.0 Å². The number of carboxylic acid groups (broad SMARTS) is 2. The summed E-state index contributed by atoms with van der Waals surface area (Å²) in [5, 5.41) is 19.1. The molecule has 0 amide bonds. The van der Waals surface area contributed by atoms with Crippen LogP contribution in [0.4, 0.5) is 0 Å². The van der Waals surface area contributed by atoms with E-state index in [0.29, 0.717) is 18.4 Å². The number of hydrogen-bond acceptors (Lipinski definition) is 4. The Morgan fingerprint density at radius 3 is 1.90 bits per heavy atom. The van der Waals surface area contributed by atoms with Crippen molar-refractivity contribution in [1.82, 2.24) is 0 Å². The third kappa shape index (κ3) is 8.97. The van der Waals surface area contributed by atoms with Crippen LogP contribution < -0.4 is 0 Å². The summed E-state index contributed by atoms with van der Waals surface area (Å²) in [6.07, 6.45) is 11.7. The normalized spacial score (nSPS) is 10.7. The van der Waals surface area contributed by atoms with Crippen LogP contribution in [0.25, 0.3) is 0 Å². The molecule has 0 aliphatic heterocycles. The lowest BCUT2D eigenvalue weighted by molar-refractivity contribution is 0.0487. The fraction of sp³-hybridized carbons (Fsp3) is 0.625. The predicted molar refractivity (Wildman–Crippen MR) is 116 cm³/mol. The highest BCUT2D eigenvalue weighted by atomic mass is 16.5. The van der Waals surface area contributed by atoms with Crippen LogP contribution in [0.5, 0.6) is 0 Å². The molecule has 1 rings (SSSR count). The molecule has 0 heterocycles. The highest BCUT2D eigenvalue weighted by Gasteiger charge is 2.24. The van der Waals surface area contributed by atoms with Gasteiger partial charge in [-0.1, -0.05) is 71.6 Å². The second kappa shape index (κ2) is 14.6. The maximum Gasteiger partial charge on any atom is 0.339 e. The Kier molecular flexibility index (Phi) is 12.5. The van der Waals surface area contributed by atoms with Crippen molar-refractivity contribution in [3.05, 3.63) is 34.4 Å². The van der Waals surface area contributed by atoms with E-state index in [4.69, 9.17) is 4.74 Å². The Hall–Kier alpha value is -2.37. The smallest absolute Gasteiger partial charge is 0.339 e. The number of aryl methyl sites for hydroxylation is 1. The van der Waals surface area contributed by atoms with Crippen LogP contribution in [-0.4, -0.2) is 34.7 Å². The van der Waals surface area contributed by atoms with Crippen LogP contribution in [0.1, 0.15) is 121 Å². The molecule has 1 aromatic carbocycles. The minimum atomic E-state index is -1.24. The number of carbonyl (C=O) groups is 3. The van der Waals surface area contributed by atoms with E-state index in [2.05, 4.69) is 13.8 Å². The summed E-state index contributed by atoms with van der Waals surface area (Å²) in [5.74, 6) is -3.19. The number of aromatic carboxylic acids is 2. The van der Waals surface area contributed by atoms with E-state index in [9.17, 15) is 24.6 Å². The van der Waals surface area contributed by atoms with Crippen LogP contribution in [0.3, 0.4) is 0 Å². The summed E-state index contributed by atoms with van der Waals surface area (Å²) in [7, 11) is 0. The first-order valence-electron chi connectivity index (χ1n) is 11.2. The highest BCUT2D eigenvalue weighted by Crippen LogP contribution is 2.22. The van der Waals surface area contributed by atoms with Crippen LogP contribution in [0.15, 0.2) is 12.1 Å². The summed E-state index contributed by atoms with van der Waals surface area (Å²) in [6, 6.07) is 2.49. The van der Waals surface area contributed by atoms with Crippen LogP contribution in [0, 0.1) is 0 Å². The number of unbranched alkanes of at least 4 members (excludes halogenated alkanes) is 9. The van der Waals surface area contributed by atoms with E-state index in [0.717, 1.165) is 51.0 Å². The van der Waals surface area contributed by atoms with Crippen molar-refractivity contribution in [1.29, 1.82) is 0 Å². The minimum Gasteiger partial charge on any atom is -0.478 e. The zero-order chi connectivity index (χ0) is 22.4. The van der Waals surface area contributed by atoms with Gasteiger partial charge in [0, 0.05) is 0 Å². The van der Waals surface area contributed by atoms with Crippen molar-refractivity contribution in [2.75, 3.05) is 6.61 Å². The molecule has 30 heavy (non-hydrogen) atoms. The van der Waals surface area contributed by atoms with Crippen LogP contribution in [-0.2, 0) is 11.2 Å². The first-order valence-corrected chi connectivity index (χ1v) is 11.2. The largest absolute Gasteiger partial charge is 0.478 e. The summed E-state index contributed by atoms with van der Waals surface area (Å²) in [6.45, 7) is 4.45. The fourth-order valence-corrected chi connectivity index (χ4v) is 3.48. The van der Waals surface area contributed by atoms with Crippen molar-refractivity contribution >= 4 is 17.9 Å². The molecule has 1 aromatic rings. The zero-order valence-corrected chi connectivity index (χ0v) is 18.4. The number of esters is 1. The van der Waals surface area contributed by atoms with Gasteiger partial charge >= 0.3 is 17.9 Å². The van der Waals surface area contributed by atoms with E-state index in [1.54, 1.807) is 0 Å². The third-order valence-corrected chi connectivity index (χ3v) is 5.18. The second-order valence-electron chi connectivity index (χ2n) is 7.74. The van der Waals surface area contributed by atoms with Crippen molar-refractivity contribution in [2.24, 2.45) is 0 Å². The maximum absolute atomic E-state index is 12.6. The molecule has 0 saturated carbocycles. The molecular formula is C24H36O6. The van der Waals surface area contributed by atoms with Crippen molar-refractivity contribution in [2.45, 2.75) is 90.9 Å². The molecular weight excluding hydrogens is 384 g/mol. The van der Waals surface area contributed by atoms with Gasteiger partial charge in [0.1, 0.15) is 0 Å². The highest BCUT2D eigenvalue weighted by molar-refractivity contribution is 6.05. The molecule has 2 N–H and O–H groups in total. The quantitative estimate of drug-likeness (QED) is 0.247. The molecule has 6 heteroatoms. The predicted octanol–water partition coefficient (Wildman–Crippen LogP) is 6.11. The molecule has 0 unspecified atom stereocenters. The fourth-order valence-electron chi connectivity index (χ4n) is 3.48. The van der Waals surface area contributed by atoms with Gasteiger partial charge < -0.3 is 14.9 Å². The van der Waals surface area contributed by atoms with E-state index >= 15 is 0 Å². The summed E-state index contributed by atoms with van der Waals surface area (Å²) >= 11 is 0. The van der Waals surface area contributed by atoms with Gasteiger partial charge in [-0.2, -0.15) is 0 Å².